The SMILES string of the molecule is c1nc(NCc2ccc(C[NH+]3CCCC3)cc2)c2c3c(sc2n1)CCC3. The van der Waals surface area contributed by atoms with E-state index in [-0.39, 0.29) is 0 Å². The number of thiophene rings is 1. The molecule has 2 aromatic heterocycles. The van der Waals surface area contributed by atoms with Gasteiger partial charge in [0.25, 0.3) is 0 Å². The van der Waals surface area contributed by atoms with Crippen LogP contribution >= 0.6 is 11.3 Å². The highest BCUT2D eigenvalue weighted by Gasteiger charge is 2.21. The number of rotatable bonds is 5. The van der Waals surface area contributed by atoms with E-state index in [0.29, 0.717) is 0 Å². The first-order valence-corrected chi connectivity index (χ1v) is 10.6. The number of anilines is 1. The number of hydrogen-bond acceptors (Lipinski definition) is 4. The third kappa shape index (κ3) is 3.10. The van der Waals surface area contributed by atoms with Crippen molar-refractivity contribution >= 4 is 27.4 Å². The Morgan fingerprint density at radius 3 is 2.62 bits per heavy atom. The molecule has 2 aliphatic rings. The maximum absolute atomic E-state index is 4.54. The summed E-state index contributed by atoms with van der Waals surface area (Å²) in [5, 5.41) is 4.83. The molecule has 1 aliphatic carbocycles. The highest BCUT2D eigenvalue weighted by molar-refractivity contribution is 7.19. The topological polar surface area (TPSA) is 42.2 Å². The fourth-order valence-corrected chi connectivity index (χ4v) is 5.59. The Bertz CT molecular complexity index is 910. The molecule has 4 nitrogen and oxygen atoms in total. The zero-order valence-electron chi connectivity index (χ0n) is 15.1. The van der Waals surface area contributed by atoms with Crippen LogP contribution in [0.2, 0.25) is 0 Å². The van der Waals surface area contributed by atoms with Gasteiger partial charge < -0.3 is 10.2 Å². The van der Waals surface area contributed by atoms with Crippen molar-refractivity contribution in [1.29, 1.82) is 0 Å². The number of likely N-dealkylation sites (tertiary alicyclic amines) is 1. The van der Waals surface area contributed by atoms with Gasteiger partial charge in [-0.1, -0.05) is 24.3 Å². The zero-order chi connectivity index (χ0) is 17.3. The molecule has 5 rings (SSSR count). The Hall–Kier alpha value is -1.98. The highest BCUT2D eigenvalue weighted by atomic mass is 32.1. The number of aryl methyl sites for hydroxylation is 2. The van der Waals surface area contributed by atoms with Crippen LogP contribution in [0.25, 0.3) is 10.2 Å². The molecule has 26 heavy (non-hydrogen) atoms. The molecule has 0 saturated carbocycles. The second kappa shape index (κ2) is 6.97. The van der Waals surface area contributed by atoms with Crippen LogP contribution in [0.15, 0.2) is 30.6 Å². The van der Waals surface area contributed by atoms with Crippen LogP contribution in [-0.4, -0.2) is 23.1 Å². The van der Waals surface area contributed by atoms with E-state index in [4.69, 9.17) is 0 Å². The molecule has 2 N–H and O–H groups in total. The van der Waals surface area contributed by atoms with E-state index in [2.05, 4.69) is 39.6 Å². The maximum Gasteiger partial charge on any atom is 0.138 e. The first kappa shape index (κ1) is 16.2. The molecule has 0 spiro atoms. The minimum absolute atomic E-state index is 0.813. The number of fused-ring (bicyclic) bond motifs is 3. The van der Waals surface area contributed by atoms with E-state index in [1.54, 1.807) is 11.2 Å². The Morgan fingerprint density at radius 2 is 1.77 bits per heavy atom. The minimum atomic E-state index is 0.813. The van der Waals surface area contributed by atoms with Crippen molar-refractivity contribution in [3.05, 3.63) is 52.2 Å². The quantitative estimate of drug-likeness (QED) is 0.730. The van der Waals surface area contributed by atoms with Crippen LogP contribution in [0, 0.1) is 0 Å². The molecule has 1 saturated heterocycles. The second-order valence-corrected chi connectivity index (χ2v) is 8.65. The predicted octanol–water partition coefficient (Wildman–Crippen LogP) is 2.97. The van der Waals surface area contributed by atoms with Gasteiger partial charge >= 0.3 is 0 Å². The monoisotopic (exact) mass is 365 g/mol. The molecule has 5 heteroatoms. The summed E-state index contributed by atoms with van der Waals surface area (Å²) in [5.74, 6) is 1.000. The van der Waals surface area contributed by atoms with Gasteiger partial charge in [-0.15, -0.1) is 11.3 Å². The smallest absolute Gasteiger partial charge is 0.138 e. The fourth-order valence-electron chi connectivity index (χ4n) is 4.36. The molecule has 0 atom stereocenters. The Balaban J connectivity index is 1.29. The van der Waals surface area contributed by atoms with Gasteiger partial charge in [-0.25, -0.2) is 9.97 Å². The average molecular weight is 366 g/mol. The minimum Gasteiger partial charge on any atom is -0.365 e. The molecule has 0 unspecified atom stereocenters. The summed E-state index contributed by atoms with van der Waals surface area (Å²) in [5.41, 5.74) is 4.24. The van der Waals surface area contributed by atoms with E-state index in [0.717, 1.165) is 17.2 Å². The molecular weight excluding hydrogens is 340 g/mol. The van der Waals surface area contributed by atoms with Gasteiger partial charge in [0.05, 0.1) is 18.5 Å². The molecule has 1 fully saturated rings. The van der Waals surface area contributed by atoms with Crippen LogP contribution in [0.4, 0.5) is 5.82 Å². The normalized spacial score (nSPS) is 17.1. The second-order valence-electron chi connectivity index (χ2n) is 7.56. The summed E-state index contributed by atoms with van der Waals surface area (Å²) < 4.78 is 0. The summed E-state index contributed by atoms with van der Waals surface area (Å²) in [6.07, 6.45) is 8.11. The number of benzene rings is 1. The molecule has 1 aromatic carbocycles. The average Bonchev–Trinajstić information content (AvgIpc) is 3.38. The van der Waals surface area contributed by atoms with Gasteiger partial charge in [0.2, 0.25) is 0 Å². The van der Waals surface area contributed by atoms with Crippen molar-refractivity contribution in [2.24, 2.45) is 0 Å². The van der Waals surface area contributed by atoms with Gasteiger partial charge in [-0.05, 0) is 30.4 Å². The van der Waals surface area contributed by atoms with E-state index < -0.39 is 0 Å². The van der Waals surface area contributed by atoms with Crippen LogP contribution in [0.3, 0.4) is 0 Å². The maximum atomic E-state index is 4.54. The summed E-state index contributed by atoms with van der Waals surface area (Å²) in [7, 11) is 0. The number of aromatic nitrogens is 2. The van der Waals surface area contributed by atoms with Gasteiger partial charge in [0, 0.05) is 29.8 Å². The summed E-state index contributed by atoms with van der Waals surface area (Å²) in [6.45, 7) is 4.64. The lowest BCUT2D eigenvalue weighted by molar-refractivity contribution is -0.901. The zero-order valence-corrected chi connectivity index (χ0v) is 15.9. The molecule has 0 radical (unpaired) electrons. The number of quaternary nitrogens is 1. The van der Waals surface area contributed by atoms with Crippen molar-refractivity contribution in [3.8, 4) is 0 Å². The van der Waals surface area contributed by atoms with Crippen molar-refractivity contribution < 1.29 is 4.90 Å². The fraction of sp³-hybridized carbons (Fsp3) is 0.429. The van der Waals surface area contributed by atoms with E-state index in [1.807, 2.05) is 11.3 Å². The van der Waals surface area contributed by atoms with Gasteiger partial charge in [-0.2, -0.15) is 0 Å². The Morgan fingerprint density at radius 1 is 0.962 bits per heavy atom. The van der Waals surface area contributed by atoms with E-state index in [9.17, 15) is 0 Å². The lowest BCUT2D eigenvalue weighted by atomic mass is 10.1. The predicted molar refractivity (Wildman–Crippen MR) is 107 cm³/mol. The summed E-state index contributed by atoms with van der Waals surface area (Å²) >= 11 is 1.85. The lowest BCUT2D eigenvalue weighted by Gasteiger charge is -2.12. The van der Waals surface area contributed by atoms with Crippen LogP contribution < -0.4 is 10.2 Å². The van der Waals surface area contributed by atoms with Gasteiger partial charge in [0.1, 0.15) is 23.5 Å². The van der Waals surface area contributed by atoms with Crippen LogP contribution in [0.1, 0.15) is 40.8 Å². The molecule has 3 heterocycles. The molecule has 1 aliphatic heterocycles. The van der Waals surface area contributed by atoms with Crippen LogP contribution in [-0.2, 0) is 25.9 Å². The van der Waals surface area contributed by atoms with Crippen LogP contribution in [0.5, 0.6) is 0 Å². The van der Waals surface area contributed by atoms with Crippen molar-refractivity contribution in [2.75, 3.05) is 18.4 Å². The van der Waals surface area contributed by atoms with E-state index in [1.165, 1.54) is 78.7 Å². The van der Waals surface area contributed by atoms with Crippen molar-refractivity contribution in [3.63, 3.8) is 0 Å². The molecule has 0 amide bonds. The summed E-state index contributed by atoms with van der Waals surface area (Å²) in [4.78, 5) is 13.4. The number of nitrogens with one attached hydrogen (secondary N) is 2. The molecular formula is C21H25N4S+. The number of hydrogen-bond donors (Lipinski definition) is 2. The largest absolute Gasteiger partial charge is 0.365 e. The van der Waals surface area contributed by atoms with Gasteiger partial charge in [0.15, 0.2) is 0 Å². The highest BCUT2D eigenvalue weighted by Crippen LogP contribution is 2.39. The first-order valence-electron chi connectivity index (χ1n) is 9.77. The first-order chi connectivity index (χ1) is 12.9. The molecule has 3 aromatic rings. The Kier molecular flexibility index (Phi) is 4.35. The summed E-state index contributed by atoms with van der Waals surface area (Å²) in [6, 6.07) is 9.10. The molecule has 0 bridgehead atoms. The van der Waals surface area contributed by atoms with Crippen molar-refractivity contribution in [2.45, 2.75) is 45.2 Å². The number of nitrogens with zero attached hydrogens (tertiary/aromatic N) is 2. The lowest BCUT2D eigenvalue weighted by Crippen LogP contribution is -3.08. The van der Waals surface area contributed by atoms with E-state index >= 15 is 0 Å². The molecule has 134 valence electrons. The van der Waals surface area contributed by atoms with Gasteiger partial charge in [-0.3, -0.25) is 0 Å². The third-order valence-corrected chi connectivity index (χ3v) is 6.95. The van der Waals surface area contributed by atoms with Crippen molar-refractivity contribution in [1.82, 2.24) is 9.97 Å². The standard InChI is InChI=1S/C21H24N4S/c1-2-11-25(10-1)13-16-8-6-15(7-9-16)12-22-20-19-17-4-3-5-18(17)26-21(19)24-14-23-20/h6-9,14H,1-5,10-13H2,(H,22,23,24)/p+1. The Labute approximate surface area is 158 Å². The third-order valence-electron chi connectivity index (χ3n) is 5.75.